The van der Waals surface area contributed by atoms with Gasteiger partial charge < -0.3 is 0 Å². The lowest BCUT2D eigenvalue weighted by molar-refractivity contribution is -0.384. The molecule has 1 heterocycles. The predicted octanol–water partition coefficient (Wildman–Crippen LogP) is 6.07. The van der Waals surface area contributed by atoms with Gasteiger partial charge in [-0.15, -0.1) is 0 Å². The minimum atomic E-state index is -0.581. The van der Waals surface area contributed by atoms with Gasteiger partial charge in [0.05, 0.1) is 10.6 Å². The van der Waals surface area contributed by atoms with E-state index in [1.54, 1.807) is 18.2 Å². The van der Waals surface area contributed by atoms with Crippen LogP contribution in [0.4, 0.5) is 11.4 Å². The summed E-state index contributed by atoms with van der Waals surface area (Å²) in [5.41, 5.74) is 1.77. The third-order valence-electron chi connectivity index (χ3n) is 5.80. The molecule has 6 nitrogen and oxygen atoms in total. The smallest absolute Gasteiger partial charge is 0.289 e. The Hall–Kier alpha value is -2.70. The van der Waals surface area contributed by atoms with Crippen LogP contribution in [-0.2, 0) is 9.59 Å². The second-order valence-electron chi connectivity index (χ2n) is 8.73. The highest BCUT2D eigenvalue weighted by molar-refractivity contribution is 6.32. The molecule has 4 rings (SSSR count). The van der Waals surface area contributed by atoms with Crippen molar-refractivity contribution in [3.63, 3.8) is 0 Å². The Morgan fingerprint density at radius 2 is 1.74 bits per heavy atom. The van der Waals surface area contributed by atoms with Crippen molar-refractivity contribution in [1.29, 1.82) is 0 Å². The highest BCUT2D eigenvalue weighted by atomic mass is 35.5. The van der Waals surface area contributed by atoms with Gasteiger partial charge in [-0.2, -0.15) is 0 Å². The number of hydrogen-bond acceptors (Lipinski definition) is 4. The number of hydrogen-bond donors (Lipinski definition) is 0. The molecule has 2 aromatic carbocycles. The molecule has 160 valence electrons. The summed E-state index contributed by atoms with van der Waals surface area (Å²) >= 11 is 12.0. The maximum Gasteiger partial charge on any atom is 0.289 e. The maximum absolute atomic E-state index is 13.3. The summed E-state index contributed by atoms with van der Waals surface area (Å²) in [7, 11) is 0. The van der Waals surface area contributed by atoms with Gasteiger partial charge in [-0.25, -0.2) is 0 Å². The van der Waals surface area contributed by atoms with Gasteiger partial charge in [0.1, 0.15) is 5.02 Å². The van der Waals surface area contributed by atoms with E-state index in [-0.39, 0.29) is 40.2 Å². The van der Waals surface area contributed by atoms with E-state index in [9.17, 15) is 19.7 Å². The van der Waals surface area contributed by atoms with Crippen LogP contribution in [0.15, 0.2) is 53.7 Å². The second kappa shape index (κ2) is 7.77. The van der Waals surface area contributed by atoms with Crippen LogP contribution in [0, 0.1) is 15.5 Å². The van der Waals surface area contributed by atoms with E-state index in [1.807, 2.05) is 26.0 Å². The van der Waals surface area contributed by atoms with Gasteiger partial charge in [0.15, 0.2) is 5.78 Å². The van der Waals surface area contributed by atoms with Crippen LogP contribution in [-0.4, -0.2) is 16.6 Å². The van der Waals surface area contributed by atoms with E-state index in [0.29, 0.717) is 34.8 Å². The van der Waals surface area contributed by atoms with Gasteiger partial charge in [0.25, 0.3) is 5.69 Å². The Bertz CT molecular complexity index is 1140. The molecule has 1 atom stereocenters. The van der Waals surface area contributed by atoms with Crippen LogP contribution in [0.25, 0.3) is 0 Å². The number of halogens is 2. The fourth-order valence-electron chi connectivity index (χ4n) is 4.47. The van der Waals surface area contributed by atoms with Crippen LogP contribution in [0.1, 0.15) is 44.6 Å². The minimum Gasteiger partial charge on any atom is -0.294 e. The monoisotopic (exact) mass is 458 g/mol. The zero-order valence-electron chi connectivity index (χ0n) is 17.0. The largest absolute Gasteiger partial charge is 0.294 e. The molecule has 31 heavy (non-hydrogen) atoms. The van der Waals surface area contributed by atoms with E-state index < -0.39 is 4.92 Å². The van der Waals surface area contributed by atoms with Crippen molar-refractivity contribution in [3.8, 4) is 0 Å². The molecule has 1 aliphatic heterocycles. The first-order chi connectivity index (χ1) is 14.6. The van der Waals surface area contributed by atoms with Crippen molar-refractivity contribution in [2.24, 2.45) is 5.41 Å². The molecule has 0 N–H and O–H groups in total. The first kappa shape index (κ1) is 21.5. The Labute approximate surface area is 189 Å². The SMILES string of the molecule is CC1(C)CC(=O)C2=C(C1)N(c1ccc(Cl)c([N+](=O)[O-])c1)C(=O)CC2c1ccc(Cl)cc1. The molecule has 0 aromatic heterocycles. The van der Waals surface area contributed by atoms with Crippen LogP contribution in [0.3, 0.4) is 0 Å². The fraction of sp³-hybridized carbons (Fsp3) is 0.304. The van der Waals surface area contributed by atoms with Crippen LogP contribution in [0.2, 0.25) is 10.0 Å². The zero-order valence-corrected chi connectivity index (χ0v) is 18.5. The lowest BCUT2D eigenvalue weighted by atomic mass is 9.69. The molecule has 0 saturated heterocycles. The molecule has 2 aliphatic rings. The summed E-state index contributed by atoms with van der Waals surface area (Å²) in [6.45, 7) is 3.96. The van der Waals surface area contributed by atoms with Crippen molar-refractivity contribution in [2.45, 2.75) is 39.0 Å². The zero-order chi connectivity index (χ0) is 22.5. The third-order valence-corrected chi connectivity index (χ3v) is 6.37. The molecular formula is C23H20Cl2N2O4. The number of carbonyl (C=O) groups excluding carboxylic acids is 2. The number of ketones is 1. The van der Waals surface area contributed by atoms with E-state index >= 15 is 0 Å². The minimum absolute atomic E-state index is 0.00726. The molecule has 1 amide bonds. The lowest BCUT2D eigenvalue weighted by Gasteiger charge is -2.42. The van der Waals surface area contributed by atoms with Gasteiger partial charge in [-0.1, -0.05) is 49.2 Å². The number of anilines is 1. The molecule has 0 radical (unpaired) electrons. The molecule has 1 aliphatic carbocycles. The Morgan fingerprint density at radius 1 is 1.06 bits per heavy atom. The molecule has 0 saturated carbocycles. The molecular weight excluding hydrogens is 439 g/mol. The highest BCUT2D eigenvalue weighted by Gasteiger charge is 2.44. The van der Waals surface area contributed by atoms with Crippen molar-refractivity contribution < 1.29 is 14.5 Å². The lowest BCUT2D eigenvalue weighted by Crippen LogP contribution is -2.43. The number of nitrogens with zero attached hydrogens (tertiary/aromatic N) is 2. The molecule has 0 bridgehead atoms. The topological polar surface area (TPSA) is 80.5 Å². The third kappa shape index (κ3) is 3.98. The van der Waals surface area contributed by atoms with E-state index in [0.717, 1.165) is 5.56 Å². The number of nitro benzene ring substituents is 1. The van der Waals surface area contributed by atoms with Crippen LogP contribution in [0.5, 0.6) is 0 Å². The Kier molecular flexibility index (Phi) is 5.40. The summed E-state index contributed by atoms with van der Waals surface area (Å²) in [6, 6.07) is 11.4. The Morgan fingerprint density at radius 3 is 2.39 bits per heavy atom. The molecule has 8 heteroatoms. The second-order valence-corrected chi connectivity index (χ2v) is 9.58. The Balaban J connectivity index is 1.90. The van der Waals surface area contributed by atoms with E-state index in [1.165, 1.54) is 17.0 Å². The average molecular weight is 459 g/mol. The van der Waals surface area contributed by atoms with E-state index in [2.05, 4.69) is 0 Å². The number of carbonyl (C=O) groups is 2. The van der Waals surface area contributed by atoms with Gasteiger partial charge in [0, 0.05) is 41.1 Å². The number of nitro groups is 1. The van der Waals surface area contributed by atoms with Gasteiger partial charge in [-0.3, -0.25) is 24.6 Å². The normalized spacial score (nSPS) is 20.6. The first-order valence-corrected chi connectivity index (χ1v) is 10.6. The van der Waals surface area contributed by atoms with Crippen molar-refractivity contribution >= 4 is 46.3 Å². The van der Waals surface area contributed by atoms with E-state index in [4.69, 9.17) is 23.2 Å². The molecule has 0 spiro atoms. The highest BCUT2D eigenvalue weighted by Crippen LogP contribution is 2.48. The van der Waals surface area contributed by atoms with Crippen molar-refractivity contribution in [1.82, 2.24) is 0 Å². The summed E-state index contributed by atoms with van der Waals surface area (Å²) < 4.78 is 0. The van der Waals surface area contributed by atoms with Crippen molar-refractivity contribution in [2.75, 3.05) is 4.90 Å². The summed E-state index contributed by atoms with van der Waals surface area (Å²) in [5.74, 6) is -0.602. The van der Waals surface area contributed by atoms with Crippen LogP contribution < -0.4 is 4.90 Å². The summed E-state index contributed by atoms with van der Waals surface area (Å²) in [6.07, 6.45) is 0.960. The summed E-state index contributed by atoms with van der Waals surface area (Å²) in [5, 5.41) is 11.9. The van der Waals surface area contributed by atoms with Crippen LogP contribution >= 0.6 is 23.2 Å². The quantitative estimate of drug-likeness (QED) is 0.413. The number of Topliss-reactive ketones (excluding diaryl/α,β-unsaturated/α-hetero) is 1. The van der Waals surface area contributed by atoms with Gasteiger partial charge in [-0.05, 0) is 41.7 Å². The fourth-order valence-corrected chi connectivity index (χ4v) is 4.79. The molecule has 0 fully saturated rings. The van der Waals surface area contributed by atoms with Gasteiger partial charge in [0.2, 0.25) is 5.91 Å². The van der Waals surface area contributed by atoms with Crippen molar-refractivity contribution in [3.05, 3.63) is 79.5 Å². The first-order valence-electron chi connectivity index (χ1n) is 9.86. The number of benzene rings is 2. The summed E-state index contributed by atoms with van der Waals surface area (Å²) in [4.78, 5) is 38.9. The predicted molar refractivity (Wildman–Crippen MR) is 119 cm³/mol. The molecule has 2 aromatic rings. The molecule has 1 unspecified atom stereocenters. The number of amides is 1. The maximum atomic E-state index is 13.3. The average Bonchev–Trinajstić information content (AvgIpc) is 2.67. The standard InChI is InChI=1S/C23H20Cl2N2O4/c1-23(2)11-19-22(20(28)12-23)16(13-3-5-14(24)6-4-13)10-21(29)26(19)15-7-8-17(25)18(9-15)27(30)31/h3-9,16H,10-12H2,1-2H3. The number of rotatable bonds is 3. The number of allylic oxidation sites excluding steroid dienone is 2. The van der Waals surface area contributed by atoms with Gasteiger partial charge >= 0.3 is 0 Å².